The predicted octanol–water partition coefficient (Wildman–Crippen LogP) is 0.0145. The second-order valence-electron chi connectivity index (χ2n) is 3.78. The third-order valence-electron chi connectivity index (χ3n) is 2.35. The summed E-state index contributed by atoms with van der Waals surface area (Å²) < 4.78 is 9.78. The maximum Gasteiger partial charge on any atom is 0.251 e. The Morgan fingerprint density at radius 1 is 1.50 bits per heavy atom. The van der Waals surface area contributed by atoms with Crippen LogP contribution in [0.3, 0.4) is 0 Å². The van der Waals surface area contributed by atoms with Crippen LogP contribution in [0.1, 0.15) is 10.4 Å². The van der Waals surface area contributed by atoms with E-state index in [1.807, 2.05) is 0 Å². The molecule has 4 N–H and O–H groups in total. The van der Waals surface area contributed by atoms with Crippen molar-refractivity contribution < 1.29 is 19.4 Å². The van der Waals surface area contributed by atoms with Gasteiger partial charge in [-0.3, -0.25) is 4.79 Å². The van der Waals surface area contributed by atoms with E-state index in [4.69, 9.17) is 15.2 Å². The van der Waals surface area contributed by atoms with Gasteiger partial charge in [0.1, 0.15) is 5.75 Å². The molecule has 0 heterocycles. The van der Waals surface area contributed by atoms with Gasteiger partial charge in [-0.1, -0.05) is 0 Å². The Morgan fingerprint density at radius 3 is 2.83 bits per heavy atom. The van der Waals surface area contributed by atoms with Gasteiger partial charge in [-0.15, -0.1) is 0 Å². The van der Waals surface area contributed by atoms with E-state index in [-0.39, 0.29) is 19.1 Å². The molecule has 1 rings (SSSR count). The minimum absolute atomic E-state index is 0.124. The first-order valence-electron chi connectivity index (χ1n) is 5.47. The number of benzene rings is 1. The minimum atomic E-state index is -0.727. The number of hydrogen-bond donors (Lipinski definition) is 3. The molecule has 0 saturated heterocycles. The summed E-state index contributed by atoms with van der Waals surface area (Å²) in [5.74, 6) is 0.142. The monoisotopic (exact) mass is 254 g/mol. The van der Waals surface area contributed by atoms with Crippen LogP contribution in [0.5, 0.6) is 5.75 Å². The molecule has 6 nitrogen and oxygen atoms in total. The first-order valence-corrected chi connectivity index (χ1v) is 5.47. The number of methoxy groups -OCH3 is 2. The number of hydrogen-bond acceptors (Lipinski definition) is 5. The number of rotatable bonds is 6. The summed E-state index contributed by atoms with van der Waals surface area (Å²) in [6, 6.07) is 4.74. The number of aliphatic hydroxyl groups is 1. The molecule has 6 heteroatoms. The lowest BCUT2D eigenvalue weighted by Crippen LogP contribution is -2.34. The molecule has 1 aromatic carbocycles. The van der Waals surface area contributed by atoms with E-state index in [1.54, 1.807) is 18.2 Å². The minimum Gasteiger partial charge on any atom is -0.495 e. The second kappa shape index (κ2) is 6.83. The Labute approximate surface area is 106 Å². The highest BCUT2D eigenvalue weighted by atomic mass is 16.5. The van der Waals surface area contributed by atoms with Gasteiger partial charge >= 0.3 is 0 Å². The molecule has 0 aliphatic rings. The van der Waals surface area contributed by atoms with Gasteiger partial charge in [-0.2, -0.15) is 0 Å². The van der Waals surface area contributed by atoms with E-state index in [9.17, 15) is 9.90 Å². The van der Waals surface area contributed by atoms with Crippen LogP contribution in [-0.2, 0) is 4.74 Å². The Kier molecular flexibility index (Phi) is 5.41. The van der Waals surface area contributed by atoms with Crippen molar-refractivity contribution in [1.29, 1.82) is 0 Å². The standard InChI is InChI=1S/C12H18N2O4/c1-17-7-9(15)6-14-12(16)8-3-4-10(13)11(5-8)18-2/h3-5,9,15H,6-7,13H2,1-2H3,(H,14,16). The van der Waals surface area contributed by atoms with Crippen LogP contribution in [0.2, 0.25) is 0 Å². The number of nitrogen functional groups attached to an aromatic ring is 1. The van der Waals surface area contributed by atoms with Crippen LogP contribution in [0.25, 0.3) is 0 Å². The van der Waals surface area contributed by atoms with Gasteiger partial charge in [0.15, 0.2) is 0 Å². The Hall–Kier alpha value is -1.79. The largest absolute Gasteiger partial charge is 0.495 e. The van der Waals surface area contributed by atoms with E-state index >= 15 is 0 Å². The zero-order valence-electron chi connectivity index (χ0n) is 10.5. The molecule has 1 amide bonds. The van der Waals surface area contributed by atoms with Crippen molar-refractivity contribution in [2.24, 2.45) is 0 Å². The van der Waals surface area contributed by atoms with E-state index in [2.05, 4.69) is 5.32 Å². The third kappa shape index (κ3) is 3.90. The molecule has 100 valence electrons. The molecule has 0 aromatic heterocycles. The number of carbonyl (C=O) groups excluding carboxylic acids is 1. The molecule has 0 radical (unpaired) electrons. The number of ether oxygens (including phenoxy) is 2. The van der Waals surface area contributed by atoms with Gasteiger partial charge < -0.3 is 25.6 Å². The lowest BCUT2D eigenvalue weighted by Gasteiger charge is -2.11. The molecule has 0 fully saturated rings. The maximum atomic E-state index is 11.8. The lowest BCUT2D eigenvalue weighted by atomic mass is 10.1. The van der Waals surface area contributed by atoms with Crippen LogP contribution >= 0.6 is 0 Å². The molecular formula is C12H18N2O4. The molecule has 1 unspecified atom stereocenters. The van der Waals surface area contributed by atoms with Gasteiger partial charge in [0, 0.05) is 19.2 Å². The molecule has 0 saturated carbocycles. The number of anilines is 1. The van der Waals surface area contributed by atoms with Crippen molar-refractivity contribution >= 4 is 11.6 Å². The highest BCUT2D eigenvalue weighted by molar-refractivity contribution is 5.95. The topological polar surface area (TPSA) is 93.8 Å². The summed E-state index contributed by atoms with van der Waals surface area (Å²) in [5, 5.41) is 12.0. The molecule has 1 aromatic rings. The molecule has 0 aliphatic carbocycles. The van der Waals surface area contributed by atoms with E-state index in [0.29, 0.717) is 17.0 Å². The maximum absolute atomic E-state index is 11.8. The van der Waals surface area contributed by atoms with Gasteiger partial charge in [-0.05, 0) is 18.2 Å². The quantitative estimate of drug-likeness (QED) is 0.622. The van der Waals surface area contributed by atoms with Crippen molar-refractivity contribution in [3.63, 3.8) is 0 Å². The number of nitrogens with one attached hydrogen (secondary N) is 1. The molecule has 1 atom stereocenters. The van der Waals surface area contributed by atoms with Crippen LogP contribution in [0, 0.1) is 0 Å². The summed E-state index contributed by atoms with van der Waals surface area (Å²) in [5.41, 5.74) is 6.54. The van der Waals surface area contributed by atoms with Crippen molar-refractivity contribution in [2.75, 3.05) is 33.1 Å². The van der Waals surface area contributed by atoms with E-state index in [0.717, 1.165) is 0 Å². The first kappa shape index (κ1) is 14.3. The summed E-state index contributed by atoms with van der Waals surface area (Å²) in [6.07, 6.45) is -0.727. The first-order chi connectivity index (χ1) is 8.58. The molecular weight excluding hydrogens is 236 g/mol. The fourth-order valence-electron chi connectivity index (χ4n) is 1.42. The summed E-state index contributed by atoms with van der Waals surface area (Å²) >= 11 is 0. The van der Waals surface area contributed by atoms with Crippen molar-refractivity contribution in [2.45, 2.75) is 6.10 Å². The third-order valence-corrected chi connectivity index (χ3v) is 2.35. The Balaban J connectivity index is 2.61. The molecule has 0 aliphatic heterocycles. The number of amides is 1. The lowest BCUT2D eigenvalue weighted by molar-refractivity contribution is 0.0610. The second-order valence-corrected chi connectivity index (χ2v) is 3.78. The summed E-state index contributed by atoms with van der Waals surface area (Å²) in [7, 11) is 2.96. The van der Waals surface area contributed by atoms with Crippen LogP contribution in [0.4, 0.5) is 5.69 Å². The zero-order chi connectivity index (χ0) is 13.5. The fraction of sp³-hybridized carbons (Fsp3) is 0.417. The number of aliphatic hydroxyl groups excluding tert-OH is 1. The molecule has 0 spiro atoms. The van der Waals surface area contributed by atoms with Crippen LogP contribution in [0.15, 0.2) is 18.2 Å². The van der Waals surface area contributed by atoms with E-state index < -0.39 is 6.10 Å². The van der Waals surface area contributed by atoms with Gasteiger partial charge in [-0.25, -0.2) is 0 Å². The van der Waals surface area contributed by atoms with Crippen LogP contribution in [-0.4, -0.2) is 44.5 Å². The molecule has 18 heavy (non-hydrogen) atoms. The van der Waals surface area contributed by atoms with Crippen molar-refractivity contribution in [3.05, 3.63) is 23.8 Å². The fourth-order valence-corrected chi connectivity index (χ4v) is 1.42. The highest BCUT2D eigenvalue weighted by Gasteiger charge is 2.10. The van der Waals surface area contributed by atoms with E-state index in [1.165, 1.54) is 14.2 Å². The van der Waals surface area contributed by atoms with Crippen molar-refractivity contribution in [1.82, 2.24) is 5.32 Å². The smallest absolute Gasteiger partial charge is 0.251 e. The van der Waals surface area contributed by atoms with Gasteiger partial charge in [0.25, 0.3) is 5.91 Å². The van der Waals surface area contributed by atoms with Crippen LogP contribution < -0.4 is 15.8 Å². The van der Waals surface area contributed by atoms with Gasteiger partial charge in [0.2, 0.25) is 0 Å². The Morgan fingerprint density at radius 2 is 2.22 bits per heavy atom. The van der Waals surface area contributed by atoms with Crippen molar-refractivity contribution in [3.8, 4) is 5.75 Å². The normalized spacial score (nSPS) is 11.9. The Bertz CT molecular complexity index is 409. The molecule has 0 bridgehead atoms. The average Bonchev–Trinajstić information content (AvgIpc) is 2.37. The average molecular weight is 254 g/mol. The number of carbonyl (C=O) groups is 1. The predicted molar refractivity (Wildman–Crippen MR) is 67.6 cm³/mol. The SMILES string of the molecule is COCC(O)CNC(=O)c1ccc(N)c(OC)c1. The summed E-state index contributed by atoms with van der Waals surface area (Å²) in [6.45, 7) is 0.296. The highest BCUT2D eigenvalue weighted by Crippen LogP contribution is 2.21. The zero-order valence-corrected chi connectivity index (χ0v) is 10.5. The summed E-state index contributed by atoms with van der Waals surface area (Å²) in [4.78, 5) is 11.8. The van der Waals surface area contributed by atoms with Gasteiger partial charge in [0.05, 0.1) is 25.5 Å². The number of nitrogens with two attached hydrogens (primary N) is 1.